The minimum Gasteiger partial charge on any atom is -0.341 e. The van der Waals surface area contributed by atoms with Gasteiger partial charge in [0.2, 0.25) is 5.91 Å². The Morgan fingerprint density at radius 3 is 2.83 bits per heavy atom. The molecule has 2 amide bonds. The minimum absolute atomic E-state index is 0.0147. The van der Waals surface area contributed by atoms with Crippen molar-refractivity contribution in [1.29, 1.82) is 0 Å². The second-order valence-corrected chi connectivity index (χ2v) is 11.8. The number of amides is 2. The van der Waals surface area contributed by atoms with Crippen LogP contribution in [0, 0.1) is 11.8 Å². The number of carbonyl (C=O) groups is 2. The lowest BCUT2D eigenvalue weighted by atomic mass is 9.95. The fourth-order valence-electron chi connectivity index (χ4n) is 5.62. The number of aryl methyl sites for hydroxylation is 2. The number of benzene rings is 1. The second-order valence-electron chi connectivity index (χ2n) is 10.5. The van der Waals surface area contributed by atoms with E-state index in [1.54, 1.807) is 12.4 Å². The number of aromatic nitrogens is 2. The van der Waals surface area contributed by atoms with Crippen molar-refractivity contribution in [2.75, 3.05) is 19.6 Å². The van der Waals surface area contributed by atoms with Crippen LogP contribution in [0.25, 0.3) is 0 Å². The molecule has 1 unspecified atom stereocenters. The zero-order valence-corrected chi connectivity index (χ0v) is 25.4. The average Bonchev–Trinajstić information content (AvgIpc) is 3.12. The molecule has 0 saturated carbocycles. The molecule has 0 radical (unpaired) electrons. The highest BCUT2D eigenvalue weighted by Crippen LogP contribution is 2.38. The summed E-state index contributed by atoms with van der Waals surface area (Å²) in [4.78, 5) is 39.3. The maximum absolute atomic E-state index is 13.7. The predicted molar refractivity (Wildman–Crippen MR) is 163 cm³/mol. The van der Waals surface area contributed by atoms with Crippen LogP contribution in [0.3, 0.4) is 0 Å². The topological polar surface area (TPSA) is 78.4 Å². The number of nitrogens with zero attached hydrogens (tertiary/aromatic N) is 4. The van der Waals surface area contributed by atoms with Crippen LogP contribution >= 0.6 is 27.5 Å². The predicted octanol–water partition coefficient (Wildman–Crippen LogP) is 5.10. The van der Waals surface area contributed by atoms with Crippen molar-refractivity contribution < 1.29 is 9.59 Å². The fraction of sp³-hybridized carbons (Fsp3) is 0.375. The number of piperazine rings is 1. The summed E-state index contributed by atoms with van der Waals surface area (Å²) in [6.45, 7) is 3.86. The molecule has 7 nitrogen and oxygen atoms in total. The molecule has 1 aromatic carbocycles. The van der Waals surface area contributed by atoms with Crippen molar-refractivity contribution in [3.8, 4) is 11.8 Å². The molecule has 5 rings (SSSR count). The third-order valence-corrected chi connectivity index (χ3v) is 8.30. The maximum Gasteiger partial charge on any atom is 0.296 e. The number of hydrogen-bond acceptors (Lipinski definition) is 5. The second kappa shape index (κ2) is 13.6. The Morgan fingerprint density at radius 2 is 2.02 bits per heavy atom. The Balaban J connectivity index is 1.45. The number of rotatable bonds is 7. The molecule has 41 heavy (non-hydrogen) atoms. The van der Waals surface area contributed by atoms with Gasteiger partial charge in [-0.3, -0.25) is 24.5 Å². The number of halogens is 2. The zero-order chi connectivity index (χ0) is 28.8. The van der Waals surface area contributed by atoms with E-state index >= 15 is 0 Å². The van der Waals surface area contributed by atoms with E-state index in [1.165, 1.54) is 0 Å². The van der Waals surface area contributed by atoms with Crippen LogP contribution in [-0.2, 0) is 29.0 Å². The van der Waals surface area contributed by atoms with Crippen LogP contribution in [0.4, 0.5) is 0 Å². The Morgan fingerprint density at radius 1 is 1.17 bits per heavy atom. The van der Waals surface area contributed by atoms with E-state index in [9.17, 15) is 9.59 Å². The Hall–Kier alpha value is -3.25. The van der Waals surface area contributed by atoms with E-state index in [2.05, 4.69) is 62.0 Å². The van der Waals surface area contributed by atoms with Gasteiger partial charge in [-0.25, -0.2) is 0 Å². The SMILES string of the molecule is CCCCCN1C(=O)CN(C2c3ccc(Cl)cc3CCc3cc(Br)cnc32)C[C@@H]1C#CC(=O)NCc1cccnc1. The highest BCUT2D eigenvalue weighted by Gasteiger charge is 2.38. The number of hydrogen-bond donors (Lipinski definition) is 1. The third kappa shape index (κ3) is 7.16. The third-order valence-electron chi connectivity index (χ3n) is 7.63. The molecule has 1 saturated heterocycles. The summed E-state index contributed by atoms with van der Waals surface area (Å²) in [6.07, 6.45) is 9.87. The van der Waals surface area contributed by atoms with Crippen molar-refractivity contribution in [1.82, 2.24) is 25.1 Å². The normalized spacial score (nSPS) is 18.5. The molecule has 9 heteroatoms. The lowest BCUT2D eigenvalue weighted by molar-refractivity contribution is -0.139. The van der Waals surface area contributed by atoms with E-state index in [0.717, 1.165) is 64.5 Å². The quantitative estimate of drug-likeness (QED) is 0.289. The molecule has 2 aromatic heterocycles. The van der Waals surface area contributed by atoms with E-state index in [1.807, 2.05) is 35.4 Å². The molecule has 1 aliphatic carbocycles. The van der Waals surface area contributed by atoms with Crippen LogP contribution in [0.15, 0.2) is 59.5 Å². The molecule has 0 bridgehead atoms. The number of carbonyl (C=O) groups excluding carboxylic acids is 2. The molecule has 2 atom stereocenters. The lowest BCUT2D eigenvalue weighted by Gasteiger charge is -2.42. The summed E-state index contributed by atoms with van der Waals surface area (Å²) in [7, 11) is 0. The molecule has 3 heterocycles. The van der Waals surface area contributed by atoms with Crippen molar-refractivity contribution >= 4 is 39.3 Å². The molecule has 1 fully saturated rings. The summed E-state index contributed by atoms with van der Waals surface area (Å²) in [5, 5.41) is 3.53. The van der Waals surface area contributed by atoms with Crippen LogP contribution in [-0.4, -0.2) is 57.3 Å². The zero-order valence-electron chi connectivity index (χ0n) is 23.1. The van der Waals surface area contributed by atoms with Crippen molar-refractivity contribution in [3.05, 3.63) is 92.4 Å². The average molecular weight is 635 g/mol. The molecule has 212 valence electrons. The Kier molecular flexibility index (Phi) is 9.71. The van der Waals surface area contributed by atoms with Gasteiger partial charge in [-0.15, -0.1) is 0 Å². The first-order valence-corrected chi connectivity index (χ1v) is 15.2. The van der Waals surface area contributed by atoms with Gasteiger partial charge in [0.25, 0.3) is 5.91 Å². The Labute approximate surface area is 254 Å². The standard InChI is InChI=1S/C32H33BrClN5O2/c1-2-3-4-14-39-27(10-12-29(40)36-18-22-6-5-13-35-17-22)20-38(21-30(39)41)32-28-11-9-26(34)16-23(28)7-8-24-15-25(33)19-37-31(24)32/h5-6,9,11,13,15-17,19,27,32H,2-4,7-8,14,18,20-21H2,1H3,(H,36,40)/t27-,32?/m0/s1. The summed E-state index contributed by atoms with van der Waals surface area (Å²) in [6, 6.07) is 11.2. The molecular formula is C32H33BrClN5O2. The summed E-state index contributed by atoms with van der Waals surface area (Å²) >= 11 is 9.98. The molecule has 2 aliphatic rings. The van der Waals surface area contributed by atoms with Crippen molar-refractivity contribution in [2.24, 2.45) is 0 Å². The number of pyridine rings is 2. The molecule has 1 aliphatic heterocycles. The first-order chi connectivity index (χ1) is 19.9. The summed E-state index contributed by atoms with van der Waals surface area (Å²) in [5.74, 6) is 5.56. The van der Waals surface area contributed by atoms with Gasteiger partial charge >= 0.3 is 0 Å². The molecular weight excluding hydrogens is 602 g/mol. The van der Waals surface area contributed by atoms with E-state index in [4.69, 9.17) is 16.6 Å². The van der Waals surface area contributed by atoms with Crippen LogP contribution in [0.5, 0.6) is 0 Å². The van der Waals surface area contributed by atoms with Gasteiger partial charge in [0.1, 0.15) is 6.04 Å². The number of unbranched alkanes of at least 4 members (excludes halogenated alkanes) is 2. The lowest BCUT2D eigenvalue weighted by Crippen LogP contribution is -2.57. The number of nitrogens with one attached hydrogen (secondary N) is 1. The molecule has 1 N–H and O–H groups in total. The van der Waals surface area contributed by atoms with E-state index in [-0.39, 0.29) is 24.4 Å². The smallest absolute Gasteiger partial charge is 0.296 e. The van der Waals surface area contributed by atoms with Gasteiger partial charge in [0.05, 0.1) is 18.3 Å². The van der Waals surface area contributed by atoms with Crippen molar-refractivity contribution in [3.63, 3.8) is 0 Å². The summed E-state index contributed by atoms with van der Waals surface area (Å²) < 4.78 is 0.928. The van der Waals surface area contributed by atoms with Gasteiger partial charge in [-0.2, -0.15) is 0 Å². The monoisotopic (exact) mass is 633 g/mol. The van der Waals surface area contributed by atoms with Crippen molar-refractivity contribution in [2.45, 2.75) is 57.7 Å². The van der Waals surface area contributed by atoms with E-state index < -0.39 is 6.04 Å². The largest absolute Gasteiger partial charge is 0.341 e. The van der Waals surface area contributed by atoms with Gasteiger partial charge < -0.3 is 10.2 Å². The van der Waals surface area contributed by atoms with Gasteiger partial charge in [-0.05, 0) is 87.6 Å². The maximum atomic E-state index is 13.7. The van der Waals surface area contributed by atoms with Crippen LogP contribution in [0.2, 0.25) is 5.02 Å². The van der Waals surface area contributed by atoms with Gasteiger partial charge in [0, 0.05) is 47.7 Å². The molecule has 0 spiro atoms. The van der Waals surface area contributed by atoms with E-state index in [0.29, 0.717) is 24.7 Å². The Bertz CT molecular complexity index is 1420. The first-order valence-electron chi connectivity index (χ1n) is 14.1. The van der Waals surface area contributed by atoms with Crippen LogP contribution in [0.1, 0.15) is 60.2 Å². The highest BCUT2D eigenvalue weighted by atomic mass is 79.9. The van der Waals surface area contributed by atoms with Gasteiger partial charge in [0.15, 0.2) is 0 Å². The van der Waals surface area contributed by atoms with Crippen LogP contribution < -0.4 is 5.32 Å². The van der Waals surface area contributed by atoms with Gasteiger partial charge in [-0.1, -0.05) is 49.4 Å². The minimum atomic E-state index is -0.421. The number of fused-ring (bicyclic) bond motifs is 2. The summed E-state index contributed by atoms with van der Waals surface area (Å²) in [5.41, 5.74) is 5.25. The fourth-order valence-corrected chi connectivity index (χ4v) is 6.19. The first kappa shape index (κ1) is 29.2. The highest BCUT2D eigenvalue weighted by molar-refractivity contribution is 9.10. The molecule has 3 aromatic rings.